The lowest BCUT2D eigenvalue weighted by atomic mass is 10.1. The zero-order valence-corrected chi connectivity index (χ0v) is 16.1. The number of benzene rings is 1. The molecular formula is C20H11F6N5O. The van der Waals surface area contributed by atoms with Crippen LogP contribution in [0.2, 0.25) is 0 Å². The summed E-state index contributed by atoms with van der Waals surface area (Å²) in [7, 11) is 0. The maximum absolute atomic E-state index is 13.6. The van der Waals surface area contributed by atoms with Crippen LogP contribution in [0.1, 0.15) is 22.6 Å². The minimum Gasteiger partial charge on any atom is -0.337 e. The van der Waals surface area contributed by atoms with E-state index in [1.807, 2.05) is 0 Å². The molecule has 0 fully saturated rings. The lowest BCUT2D eigenvalue weighted by Crippen LogP contribution is -2.07. The number of pyridine rings is 1. The Hall–Kier alpha value is -3.88. The van der Waals surface area contributed by atoms with E-state index in [4.69, 9.17) is 11.1 Å². The van der Waals surface area contributed by atoms with E-state index < -0.39 is 29.2 Å². The van der Waals surface area contributed by atoms with Crippen LogP contribution in [0.15, 0.2) is 41.2 Å². The lowest BCUT2D eigenvalue weighted by Gasteiger charge is -2.11. The molecule has 0 saturated heterocycles. The molecule has 3 aromatic heterocycles. The number of rotatable bonds is 3. The average molecular weight is 451 g/mol. The maximum atomic E-state index is 13.6. The average Bonchev–Trinajstić information content (AvgIpc) is 3.31. The van der Waals surface area contributed by atoms with Crippen molar-refractivity contribution in [2.45, 2.75) is 25.8 Å². The van der Waals surface area contributed by atoms with Crippen molar-refractivity contribution >= 4 is 16.6 Å². The number of nitrogens with zero attached hydrogens (tertiary/aromatic N) is 5. The van der Waals surface area contributed by atoms with Gasteiger partial charge in [0.2, 0.25) is 0 Å². The maximum Gasteiger partial charge on any atom is 0.417 e. The SMILES string of the molecule is [C-]#[N+]c1ccc2c(cc(C)n2Cc2noc(-c3cncc(C(F)(F)F)c3)n2)c1C(F)(F)F. The van der Waals surface area contributed by atoms with Gasteiger partial charge in [-0.15, -0.1) is 0 Å². The smallest absolute Gasteiger partial charge is 0.337 e. The van der Waals surface area contributed by atoms with E-state index in [1.165, 1.54) is 16.7 Å². The highest BCUT2D eigenvalue weighted by molar-refractivity contribution is 5.90. The summed E-state index contributed by atoms with van der Waals surface area (Å²) in [6.45, 7) is 8.51. The van der Waals surface area contributed by atoms with Gasteiger partial charge in [0.25, 0.3) is 5.89 Å². The van der Waals surface area contributed by atoms with Crippen LogP contribution in [0.4, 0.5) is 32.0 Å². The molecule has 0 bridgehead atoms. The molecular weight excluding hydrogens is 440 g/mol. The minimum atomic E-state index is -4.73. The molecule has 3 heterocycles. The molecule has 0 N–H and O–H groups in total. The lowest BCUT2D eigenvalue weighted by molar-refractivity contribution is -0.138. The second kappa shape index (κ2) is 7.37. The van der Waals surface area contributed by atoms with E-state index in [1.54, 1.807) is 6.92 Å². The minimum absolute atomic E-state index is 0.0424. The fourth-order valence-electron chi connectivity index (χ4n) is 3.35. The van der Waals surface area contributed by atoms with Gasteiger partial charge in [-0.25, -0.2) is 4.85 Å². The quantitative estimate of drug-likeness (QED) is 0.282. The van der Waals surface area contributed by atoms with Crippen LogP contribution in [0, 0.1) is 13.5 Å². The van der Waals surface area contributed by atoms with Gasteiger partial charge in [0.05, 0.1) is 29.8 Å². The van der Waals surface area contributed by atoms with Crippen molar-refractivity contribution in [2.24, 2.45) is 0 Å². The second-order valence-electron chi connectivity index (χ2n) is 6.85. The fourth-order valence-corrected chi connectivity index (χ4v) is 3.35. The Kier molecular flexibility index (Phi) is 4.92. The van der Waals surface area contributed by atoms with Crippen LogP contribution in [-0.2, 0) is 18.9 Å². The molecule has 0 aliphatic rings. The summed E-state index contributed by atoms with van der Waals surface area (Å²) < 4.78 is 85.9. The first kappa shape index (κ1) is 21.4. The van der Waals surface area contributed by atoms with Gasteiger partial charge in [0.1, 0.15) is 0 Å². The topological polar surface area (TPSA) is 61.1 Å². The van der Waals surface area contributed by atoms with Crippen LogP contribution in [0.5, 0.6) is 0 Å². The first-order valence-corrected chi connectivity index (χ1v) is 8.91. The first-order valence-electron chi connectivity index (χ1n) is 8.91. The van der Waals surface area contributed by atoms with Crippen LogP contribution < -0.4 is 0 Å². The zero-order valence-electron chi connectivity index (χ0n) is 16.1. The Morgan fingerprint density at radius 1 is 1.06 bits per heavy atom. The molecule has 0 unspecified atom stereocenters. The fraction of sp³-hybridized carbons (Fsp3) is 0.200. The van der Waals surface area contributed by atoms with Gasteiger partial charge in [-0.2, -0.15) is 31.3 Å². The van der Waals surface area contributed by atoms with Gasteiger partial charge in [-0.05, 0) is 25.1 Å². The molecule has 164 valence electrons. The summed E-state index contributed by atoms with van der Waals surface area (Å²) in [5.74, 6) is -0.167. The molecule has 4 rings (SSSR count). The third-order valence-corrected chi connectivity index (χ3v) is 4.75. The summed E-state index contributed by atoms with van der Waals surface area (Å²) in [6, 6.07) is 4.60. The highest BCUT2D eigenvalue weighted by atomic mass is 19.4. The van der Waals surface area contributed by atoms with Crippen molar-refractivity contribution in [3.05, 3.63) is 70.7 Å². The van der Waals surface area contributed by atoms with E-state index in [0.29, 0.717) is 11.9 Å². The molecule has 6 nitrogen and oxygen atoms in total. The molecule has 0 atom stereocenters. The van der Waals surface area contributed by atoms with Gasteiger partial charge >= 0.3 is 12.4 Å². The van der Waals surface area contributed by atoms with Crippen LogP contribution in [-0.4, -0.2) is 19.7 Å². The molecule has 0 radical (unpaired) electrons. The zero-order chi connectivity index (χ0) is 23.3. The summed E-state index contributed by atoms with van der Waals surface area (Å²) in [6.07, 6.45) is -7.54. The Morgan fingerprint density at radius 3 is 2.47 bits per heavy atom. The van der Waals surface area contributed by atoms with Crippen LogP contribution in [0.3, 0.4) is 0 Å². The van der Waals surface area contributed by atoms with Crippen LogP contribution in [0.25, 0.3) is 27.2 Å². The Bertz CT molecular complexity index is 1360. The molecule has 0 spiro atoms. The molecule has 0 aliphatic carbocycles. The molecule has 4 aromatic rings. The van der Waals surface area contributed by atoms with Crippen molar-refractivity contribution in [3.8, 4) is 11.5 Å². The molecule has 1 aromatic carbocycles. The van der Waals surface area contributed by atoms with Gasteiger partial charge in [-0.3, -0.25) is 4.98 Å². The highest BCUT2D eigenvalue weighted by Crippen LogP contribution is 2.42. The van der Waals surface area contributed by atoms with Gasteiger partial charge < -0.3 is 9.09 Å². The van der Waals surface area contributed by atoms with Gasteiger partial charge in [0, 0.05) is 29.0 Å². The van der Waals surface area contributed by atoms with Crippen molar-refractivity contribution in [1.82, 2.24) is 19.7 Å². The number of hydrogen-bond acceptors (Lipinski definition) is 4. The summed E-state index contributed by atoms with van der Waals surface area (Å²) in [4.78, 5) is 10.6. The van der Waals surface area contributed by atoms with Gasteiger partial charge in [0.15, 0.2) is 11.5 Å². The Balaban J connectivity index is 1.73. The van der Waals surface area contributed by atoms with E-state index in [-0.39, 0.29) is 34.7 Å². The van der Waals surface area contributed by atoms with E-state index in [0.717, 1.165) is 18.3 Å². The second-order valence-corrected chi connectivity index (χ2v) is 6.85. The molecule has 12 heteroatoms. The molecule has 0 amide bonds. The predicted octanol–water partition coefficient (Wildman–Crippen LogP) is 6.03. The first-order chi connectivity index (χ1) is 15.0. The van der Waals surface area contributed by atoms with Crippen molar-refractivity contribution in [1.29, 1.82) is 0 Å². The standard InChI is InChI=1S/C20H11F6N5O/c1-10-5-13-15(4-3-14(27-2)17(13)20(24,25)26)31(10)9-16-29-18(32-30-16)11-6-12(8-28-7-11)19(21,22)23/h3-8H,9H2,1H3. The molecule has 0 aliphatic heterocycles. The van der Waals surface area contributed by atoms with Crippen LogP contribution >= 0.6 is 0 Å². The number of halogens is 6. The molecule has 0 saturated carbocycles. The summed E-state index contributed by atoms with van der Waals surface area (Å²) >= 11 is 0. The number of hydrogen-bond donors (Lipinski definition) is 0. The monoisotopic (exact) mass is 451 g/mol. The van der Waals surface area contributed by atoms with Crippen molar-refractivity contribution in [3.63, 3.8) is 0 Å². The Labute approximate surface area is 175 Å². The normalized spacial score (nSPS) is 12.3. The summed E-state index contributed by atoms with van der Waals surface area (Å²) in [5.41, 5.74) is -1.93. The van der Waals surface area contributed by atoms with Crippen molar-refractivity contribution < 1.29 is 30.9 Å². The molecule has 32 heavy (non-hydrogen) atoms. The highest BCUT2D eigenvalue weighted by Gasteiger charge is 2.36. The number of fused-ring (bicyclic) bond motifs is 1. The predicted molar refractivity (Wildman–Crippen MR) is 99.6 cm³/mol. The van der Waals surface area contributed by atoms with Crippen molar-refractivity contribution in [2.75, 3.05) is 0 Å². The number of aryl methyl sites for hydroxylation is 1. The van der Waals surface area contributed by atoms with E-state index in [9.17, 15) is 26.3 Å². The largest absolute Gasteiger partial charge is 0.417 e. The van der Waals surface area contributed by atoms with Gasteiger partial charge in [-0.1, -0.05) is 11.2 Å². The van der Waals surface area contributed by atoms with E-state index in [2.05, 4.69) is 20.0 Å². The Morgan fingerprint density at radius 2 is 1.81 bits per heavy atom. The number of aromatic nitrogens is 4. The summed E-state index contributed by atoms with van der Waals surface area (Å²) in [5, 5.41) is 3.58. The van der Waals surface area contributed by atoms with E-state index >= 15 is 0 Å². The third-order valence-electron chi connectivity index (χ3n) is 4.75. The third kappa shape index (κ3) is 3.77. The number of alkyl halides is 6.